The van der Waals surface area contributed by atoms with Crippen molar-refractivity contribution in [1.29, 1.82) is 0 Å². The SMILES string of the molecule is CCCCCCC(=O)N[C@H](C(=O)O)C(C)C. The maximum atomic E-state index is 11.5. The van der Waals surface area contributed by atoms with E-state index in [2.05, 4.69) is 12.2 Å². The maximum absolute atomic E-state index is 11.5. The van der Waals surface area contributed by atoms with Gasteiger partial charge in [0.25, 0.3) is 0 Å². The summed E-state index contributed by atoms with van der Waals surface area (Å²) in [5.74, 6) is -1.20. The van der Waals surface area contributed by atoms with E-state index in [1.54, 1.807) is 13.8 Å². The Morgan fingerprint density at radius 3 is 2.25 bits per heavy atom. The molecule has 1 atom stereocenters. The monoisotopic (exact) mass is 229 g/mol. The zero-order valence-electron chi connectivity index (χ0n) is 10.5. The minimum atomic E-state index is -0.961. The molecule has 0 spiro atoms. The highest BCUT2D eigenvalue weighted by atomic mass is 16.4. The first-order chi connectivity index (χ1) is 7.49. The van der Waals surface area contributed by atoms with E-state index in [-0.39, 0.29) is 11.8 Å². The van der Waals surface area contributed by atoms with Crippen molar-refractivity contribution in [3.05, 3.63) is 0 Å². The van der Waals surface area contributed by atoms with Gasteiger partial charge >= 0.3 is 5.97 Å². The van der Waals surface area contributed by atoms with Crippen molar-refractivity contribution in [2.75, 3.05) is 0 Å². The minimum Gasteiger partial charge on any atom is -0.480 e. The van der Waals surface area contributed by atoms with Crippen LogP contribution >= 0.6 is 0 Å². The van der Waals surface area contributed by atoms with E-state index in [0.717, 1.165) is 25.7 Å². The van der Waals surface area contributed by atoms with Gasteiger partial charge in [-0.2, -0.15) is 0 Å². The lowest BCUT2D eigenvalue weighted by Crippen LogP contribution is -2.44. The summed E-state index contributed by atoms with van der Waals surface area (Å²) in [4.78, 5) is 22.3. The van der Waals surface area contributed by atoms with E-state index in [0.29, 0.717) is 6.42 Å². The molecule has 0 bridgehead atoms. The molecule has 16 heavy (non-hydrogen) atoms. The summed E-state index contributed by atoms with van der Waals surface area (Å²) in [5.41, 5.74) is 0. The van der Waals surface area contributed by atoms with Crippen molar-refractivity contribution in [1.82, 2.24) is 5.32 Å². The van der Waals surface area contributed by atoms with E-state index in [1.165, 1.54) is 0 Å². The van der Waals surface area contributed by atoms with Crippen LogP contribution in [0.5, 0.6) is 0 Å². The molecule has 0 aromatic rings. The number of nitrogens with one attached hydrogen (secondary N) is 1. The zero-order valence-corrected chi connectivity index (χ0v) is 10.5. The Morgan fingerprint density at radius 1 is 1.19 bits per heavy atom. The maximum Gasteiger partial charge on any atom is 0.326 e. The lowest BCUT2D eigenvalue weighted by molar-refractivity contribution is -0.143. The fourth-order valence-corrected chi connectivity index (χ4v) is 1.47. The van der Waals surface area contributed by atoms with Gasteiger partial charge in [-0.1, -0.05) is 40.0 Å². The van der Waals surface area contributed by atoms with Crippen LogP contribution in [0.3, 0.4) is 0 Å². The summed E-state index contributed by atoms with van der Waals surface area (Å²) in [5, 5.41) is 11.4. The second-order valence-electron chi connectivity index (χ2n) is 4.44. The molecule has 0 heterocycles. The molecule has 0 saturated carbocycles. The van der Waals surface area contributed by atoms with Crippen molar-refractivity contribution in [3.8, 4) is 0 Å². The van der Waals surface area contributed by atoms with E-state index in [4.69, 9.17) is 5.11 Å². The normalized spacial score (nSPS) is 12.5. The summed E-state index contributed by atoms with van der Waals surface area (Å²) in [6.07, 6.45) is 4.55. The Balaban J connectivity index is 3.87. The number of amides is 1. The van der Waals surface area contributed by atoms with Gasteiger partial charge in [0.2, 0.25) is 5.91 Å². The molecular formula is C12H23NO3. The highest BCUT2D eigenvalue weighted by molar-refractivity contribution is 5.83. The number of carbonyl (C=O) groups is 2. The average molecular weight is 229 g/mol. The first kappa shape index (κ1) is 14.9. The third-order valence-electron chi connectivity index (χ3n) is 2.51. The molecule has 2 N–H and O–H groups in total. The van der Waals surface area contributed by atoms with Crippen LogP contribution in [0.2, 0.25) is 0 Å². The van der Waals surface area contributed by atoms with Gasteiger partial charge in [-0.25, -0.2) is 4.79 Å². The molecule has 0 aliphatic heterocycles. The van der Waals surface area contributed by atoms with Crippen LogP contribution in [0.4, 0.5) is 0 Å². The molecule has 4 nitrogen and oxygen atoms in total. The second kappa shape index (κ2) is 8.13. The van der Waals surface area contributed by atoms with Crippen molar-refractivity contribution in [3.63, 3.8) is 0 Å². The molecule has 0 aliphatic rings. The van der Waals surface area contributed by atoms with Crippen molar-refractivity contribution < 1.29 is 14.7 Å². The van der Waals surface area contributed by atoms with E-state index < -0.39 is 12.0 Å². The molecule has 0 aromatic carbocycles. The van der Waals surface area contributed by atoms with E-state index in [1.807, 2.05) is 0 Å². The molecule has 0 aliphatic carbocycles. The Morgan fingerprint density at radius 2 is 1.81 bits per heavy atom. The van der Waals surface area contributed by atoms with Crippen molar-refractivity contribution in [2.24, 2.45) is 5.92 Å². The van der Waals surface area contributed by atoms with E-state index >= 15 is 0 Å². The fraction of sp³-hybridized carbons (Fsp3) is 0.833. The molecule has 0 aromatic heterocycles. The number of carboxylic acids is 1. The summed E-state index contributed by atoms with van der Waals surface area (Å²) in [6.45, 7) is 5.69. The summed E-state index contributed by atoms with van der Waals surface area (Å²) >= 11 is 0. The molecule has 0 rings (SSSR count). The van der Waals surface area contributed by atoms with Crippen LogP contribution < -0.4 is 5.32 Å². The lowest BCUT2D eigenvalue weighted by Gasteiger charge is -2.17. The van der Waals surface area contributed by atoms with E-state index in [9.17, 15) is 9.59 Å². The Kier molecular flexibility index (Phi) is 7.60. The molecule has 0 fully saturated rings. The molecule has 0 saturated heterocycles. The van der Waals surface area contributed by atoms with Crippen LogP contribution in [0.1, 0.15) is 52.9 Å². The molecular weight excluding hydrogens is 206 g/mol. The van der Waals surface area contributed by atoms with Crippen LogP contribution in [-0.2, 0) is 9.59 Å². The molecule has 94 valence electrons. The first-order valence-electron chi connectivity index (χ1n) is 6.01. The zero-order chi connectivity index (χ0) is 12.6. The summed E-state index contributed by atoms with van der Waals surface area (Å²) < 4.78 is 0. The smallest absolute Gasteiger partial charge is 0.326 e. The summed E-state index contributed by atoms with van der Waals surface area (Å²) in [6, 6.07) is -0.765. The van der Waals surface area contributed by atoms with Gasteiger partial charge in [0.05, 0.1) is 0 Å². The van der Waals surface area contributed by atoms with Crippen LogP contribution in [0.25, 0.3) is 0 Å². The van der Waals surface area contributed by atoms with Gasteiger partial charge in [-0.3, -0.25) is 4.79 Å². The van der Waals surface area contributed by atoms with Crippen LogP contribution in [-0.4, -0.2) is 23.0 Å². The number of rotatable bonds is 8. The van der Waals surface area contributed by atoms with Crippen LogP contribution in [0.15, 0.2) is 0 Å². The molecule has 0 unspecified atom stereocenters. The number of hydrogen-bond acceptors (Lipinski definition) is 2. The van der Waals surface area contributed by atoms with Gasteiger partial charge < -0.3 is 10.4 Å². The van der Waals surface area contributed by atoms with Gasteiger partial charge in [0.15, 0.2) is 0 Å². The van der Waals surface area contributed by atoms with Crippen molar-refractivity contribution in [2.45, 2.75) is 58.9 Å². The molecule has 4 heteroatoms. The van der Waals surface area contributed by atoms with Gasteiger partial charge in [-0.15, -0.1) is 0 Å². The minimum absolute atomic E-state index is 0.0860. The van der Waals surface area contributed by atoms with Crippen LogP contribution in [0, 0.1) is 5.92 Å². The topological polar surface area (TPSA) is 66.4 Å². The second-order valence-corrected chi connectivity index (χ2v) is 4.44. The van der Waals surface area contributed by atoms with Gasteiger partial charge in [0, 0.05) is 6.42 Å². The van der Waals surface area contributed by atoms with Gasteiger partial charge in [0.1, 0.15) is 6.04 Å². The molecule has 0 radical (unpaired) electrons. The third kappa shape index (κ3) is 6.43. The Labute approximate surface area is 97.4 Å². The number of unbranched alkanes of at least 4 members (excludes halogenated alkanes) is 3. The number of hydrogen-bond donors (Lipinski definition) is 2. The highest BCUT2D eigenvalue weighted by Crippen LogP contribution is 2.05. The van der Waals surface area contributed by atoms with Crippen molar-refractivity contribution >= 4 is 11.9 Å². The predicted octanol–water partition coefficient (Wildman–Crippen LogP) is 2.18. The Hall–Kier alpha value is -1.06. The Bertz CT molecular complexity index is 226. The summed E-state index contributed by atoms with van der Waals surface area (Å²) in [7, 11) is 0. The average Bonchev–Trinajstić information content (AvgIpc) is 2.20. The standard InChI is InChI=1S/C12H23NO3/c1-4-5-6-7-8-10(14)13-11(9(2)3)12(15)16/h9,11H,4-8H2,1-3H3,(H,13,14)(H,15,16)/t11-/m0/s1. The predicted molar refractivity (Wildman–Crippen MR) is 63.2 cm³/mol. The number of carboxylic acid groups (broad SMARTS) is 1. The number of aliphatic carboxylic acids is 1. The highest BCUT2D eigenvalue weighted by Gasteiger charge is 2.22. The lowest BCUT2D eigenvalue weighted by atomic mass is 10.0. The largest absolute Gasteiger partial charge is 0.480 e. The van der Waals surface area contributed by atoms with Gasteiger partial charge in [-0.05, 0) is 12.3 Å². The fourth-order valence-electron chi connectivity index (χ4n) is 1.47. The number of carbonyl (C=O) groups excluding carboxylic acids is 1. The quantitative estimate of drug-likeness (QED) is 0.627. The third-order valence-corrected chi connectivity index (χ3v) is 2.51. The molecule has 1 amide bonds. The first-order valence-corrected chi connectivity index (χ1v) is 6.01.